The molecule has 5 heteroatoms. The van der Waals surface area contributed by atoms with Crippen molar-refractivity contribution in [2.45, 2.75) is 26.8 Å². The van der Waals surface area contributed by atoms with E-state index in [9.17, 15) is 4.79 Å². The van der Waals surface area contributed by atoms with Crippen molar-refractivity contribution in [1.82, 2.24) is 15.2 Å². The van der Waals surface area contributed by atoms with E-state index in [4.69, 9.17) is 0 Å². The zero-order valence-electron chi connectivity index (χ0n) is 12.4. The Balaban J connectivity index is 1.87. The number of carbonyl (C=O) groups excluding carboxylic acids is 1. The molecule has 0 saturated carbocycles. The third-order valence-corrected chi connectivity index (χ3v) is 2.84. The van der Waals surface area contributed by atoms with Crippen LogP contribution < -0.4 is 5.43 Å². The molecule has 21 heavy (non-hydrogen) atoms. The third-order valence-electron chi connectivity index (χ3n) is 2.84. The number of hydrogen-bond donors (Lipinski definition) is 1. The number of hydrazone groups is 1. The van der Waals surface area contributed by atoms with Crippen LogP contribution in [0.2, 0.25) is 0 Å². The topological polar surface area (TPSA) is 59.3 Å². The van der Waals surface area contributed by atoms with E-state index in [0.29, 0.717) is 18.9 Å². The van der Waals surface area contributed by atoms with Gasteiger partial charge in [-0.05, 0) is 11.5 Å². The van der Waals surface area contributed by atoms with Crippen LogP contribution in [0.3, 0.4) is 0 Å². The van der Waals surface area contributed by atoms with Crippen LogP contribution in [-0.2, 0) is 11.3 Å². The van der Waals surface area contributed by atoms with Crippen LogP contribution in [0.15, 0.2) is 47.8 Å². The minimum absolute atomic E-state index is 0.0714. The molecule has 0 saturated heterocycles. The summed E-state index contributed by atoms with van der Waals surface area (Å²) in [5.41, 5.74) is 4.56. The van der Waals surface area contributed by atoms with E-state index in [0.717, 1.165) is 5.56 Å². The lowest BCUT2D eigenvalue weighted by Gasteiger charge is -2.01. The fraction of sp³-hybridized carbons (Fsp3) is 0.312. The van der Waals surface area contributed by atoms with Gasteiger partial charge in [-0.1, -0.05) is 44.2 Å². The van der Waals surface area contributed by atoms with Crippen LogP contribution in [0.25, 0.3) is 0 Å². The predicted molar refractivity (Wildman–Crippen MR) is 83.0 cm³/mol. The Kier molecular flexibility index (Phi) is 5.26. The molecule has 2 rings (SSSR count). The highest BCUT2D eigenvalue weighted by molar-refractivity contribution is 5.81. The number of nitrogens with one attached hydrogen (secondary N) is 1. The molecule has 2 aromatic rings. The molecule has 1 aromatic carbocycles. The van der Waals surface area contributed by atoms with Crippen LogP contribution in [-0.4, -0.2) is 21.9 Å². The molecule has 0 aliphatic rings. The number of amides is 1. The lowest BCUT2D eigenvalue weighted by Crippen LogP contribution is -2.18. The average molecular weight is 284 g/mol. The van der Waals surface area contributed by atoms with Gasteiger partial charge in [-0.3, -0.25) is 9.48 Å². The van der Waals surface area contributed by atoms with Gasteiger partial charge in [-0.15, -0.1) is 0 Å². The zero-order chi connectivity index (χ0) is 15.1. The molecule has 1 amide bonds. The minimum Gasteiger partial charge on any atom is -0.273 e. The molecule has 0 atom stereocenters. The van der Waals surface area contributed by atoms with Crippen molar-refractivity contribution in [2.75, 3.05) is 0 Å². The second-order valence-electron chi connectivity index (χ2n) is 5.35. The quantitative estimate of drug-likeness (QED) is 0.654. The summed E-state index contributed by atoms with van der Waals surface area (Å²) in [6.07, 6.45) is 5.70. The van der Waals surface area contributed by atoms with Crippen LogP contribution >= 0.6 is 0 Å². The first-order valence-electron chi connectivity index (χ1n) is 7.02. The maximum Gasteiger partial charge on any atom is 0.240 e. The normalized spacial score (nSPS) is 11.2. The second-order valence-corrected chi connectivity index (χ2v) is 5.35. The molecule has 0 unspecified atom stereocenters. The molecule has 5 nitrogen and oxygen atoms in total. The van der Waals surface area contributed by atoms with Gasteiger partial charge in [-0.25, -0.2) is 5.43 Å². The van der Waals surface area contributed by atoms with Gasteiger partial charge >= 0.3 is 0 Å². The Bertz CT molecular complexity index is 602. The van der Waals surface area contributed by atoms with Crippen LogP contribution in [0.4, 0.5) is 0 Å². The summed E-state index contributed by atoms with van der Waals surface area (Å²) in [6, 6.07) is 10.1. The molecule has 1 aromatic heterocycles. The van der Waals surface area contributed by atoms with E-state index < -0.39 is 0 Å². The minimum atomic E-state index is -0.0714. The summed E-state index contributed by atoms with van der Waals surface area (Å²) >= 11 is 0. The summed E-state index contributed by atoms with van der Waals surface area (Å²) in [5, 5.41) is 8.21. The highest BCUT2D eigenvalue weighted by atomic mass is 16.2. The fourth-order valence-electron chi connectivity index (χ4n) is 1.90. The van der Waals surface area contributed by atoms with Crippen molar-refractivity contribution < 1.29 is 4.79 Å². The Morgan fingerprint density at radius 2 is 2.14 bits per heavy atom. The van der Waals surface area contributed by atoms with Gasteiger partial charge in [0, 0.05) is 18.2 Å². The summed E-state index contributed by atoms with van der Waals surface area (Å²) < 4.78 is 1.84. The zero-order valence-corrected chi connectivity index (χ0v) is 12.4. The van der Waals surface area contributed by atoms with Crippen LogP contribution in [0.5, 0.6) is 0 Å². The van der Waals surface area contributed by atoms with Crippen molar-refractivity contribution in [3.05, 3.63) is 53.9 Å². The number of carbonyl (C=O) groups is 1. The Morgan fingerprint density at radius 1 is 1.38 bits per heavy atom. The molecule has 0 fully saturated rings. The van der Waals surface area contributed by atoms with Gasteiger partial charge in [0.1, 0.15) is 0 Å². The molecular formula is C16H20N4O. The molecule has 0 bridgehead atoms. The summed E-state index contributed by atoms with van der Waals surface area (Å²) in [7, 11) is 0. The van der Waals surface area contributed by atoms with Gasteiger partial charge in [0.25, 0.3) is 0 Å². The number of rotatable bonds is 6. The van der Waals surface area contributed by atoms with E-state index >= 15 is 0 Å². The van der Waals surface area contributed by atoms with Crippen LogP contribution in [0.1, 0.15) is 31.4 Å². The second kappa shape index (κ2) is 7.38. The molecule has 0 radical (unpaired) electrons. The first-order valence-corrected chi connectivity index (χ1v) is 7.02. The maximum absolute atomic E-state index is 11.4. The van der Waals surface area contributed by atoms with Crippen molar-refractivity contribution in [3.63, 3.8) is 0 Å². The Hall–Kier alpha value is -2.43. The van der Waals surface area contributed by atoms with Gasteiger partial charge in [0.2, 0.25) is 5.91 Å². The first-order chi connectivity index (χ1) is 10.1. The average Bonchev–Trinajstić information content (AvgIpc) is 2.86. The maximum atomic E-state index is 11.4. The SMILES string of the molecule is CC(C)CC(=O)N/N=C\c1cnn(Cc2ccccc2)c1. The smallest absolute Gasteiger partial charge is 0.240 e. The molecule has 110 valence electrons. The fourth-order valence-corrected chi connectivity index (χ4v) is 1.90. The third kappa shape index (κ3) is 5.22. The van der Waals surface area contributed by atoms with E-state index in [-0.39, 0.29) is 5.91 Å². The van der Waals surface area contributed by atoms with Crippen molar-refractivity contribution in [1.29, 1.82) is 0 Å². The van der Waals surface area contributed by atoms with Gasteiger partial charge in [-0.2, -0.15) is 10.2 Å². The van der Waals surface area contributed by atoms with E-state index in [2.05, 4.69) is 27.8 Å². The van der Waals surface area contributed by atoms with Crippen molar-refractivity contribution >= 4 is 12.1 Å². The van der Waals surface area contributed by atoms with Gasteiger partial charge in [0.05, 0.1) is 19.0 Å². The van der Waals surface area contributed by atoms with Crippen molar-refractivity contribution in [3.8, 4) is 0 Å². The standard InChI is InChI=1S/C16H20N4O/c1-13(2)8-16(21)19-17-9-15-10-18-20(12-15)11-14-6-4-3-5-7-14/h3-7,9-10,12-13H,8,11H2,1-2H3,(H,19,21)/b17-9-. The first kappa shape index (κ1) is 15.0. The van der Waals surface area contributed by atoms with E-state index in [1.807, 2.05) is 42.9 Å². The monoisotopic (exact) mass is 284 g/mol. The largest absolute Gasteiger partial charge is 0.273 e. The number of hydrogen-bond acceptors (Lipinski definition) is 3. The Morgan fingerprint density at radius 3 is 2.86 bits per heavy atom. The molecule has 0 aliphatic heterocycles. The molecule has 1 N–H and O–H groups in total. The summed E-state index contributed by atoms with van der Waals surface area (Å²) in [4.78, 5) is 11.4. The summed E-state index contributed by atoms with van der Waals surface area (Å²) in [5.74, 6) is 0.256. The highest BCUT2D eigenvalue weighted by Crippen LogP contribution is 2.03. The summed E-state index contributed by atoms with van der Waals surface area (Å²) in [6.45, 7) is 4.71. The van der Waals surface area contributed by atoms with Crippen LogP contribution in [0, 0.1) is 5.92 Å². The lowest BCUT2D eigenvalue weighted by molar-refractivity contribution is -0.121. The lowest BCUT2D eigenvalue weighted by atomic mass is 10.1. The Labute approximate surface area is 124 Å². The van der Waals surface area contributed by atoms with E-state index in [1.165, 1.54) is 5.56 Å². The molecule has 0 spiro atoms. The predicted octanol–water partition coefficient (Wildman–Crippen LogP) is 2.43. The number of aromatic nitrogens is 2. The molecule has 1 heterocycles. The van der Waals surface area contributed by atoms with E-state index in [1.54, 1.807) is 12.4 Å². The van der Waals surface area contributed by atoms with Gasteiger partial charge < -0.3 is 0 Å². The van der Waals surface area contributed by atoms with Gasteiger partial charge in [0.15, 0.2) is 0 Å². The molecule has 0 aliphatic carbocycles. The highest BCUT2D eigenvalue weighted by Gasteiger charge is 2.02. The number of nitrogens with zero attached hydrogens (tertiary/aromatic N) is 3. The molecular weight excluding hydrogens is 264 g/mol. The number of benzene rings is 1. The van der Waals surface area contributed by atoms with Crippen molar-refractivity contribution in [2.24, 2.45) is 11.0 Å².